The Balaban J connectivity index is 1.34. The summed E-state index contributed by atoms with van der Waals surface area (Å²) in [6.45, 7) is 6.16. The molecule has 174 valence electrons. The molecule has 1 amide bonds. The van der Waals surface area contributed by atoms with Gasteiger partial charge in [-0.1, -0.05) is 47.5 Å². The van der Waals surface area contributed by atoms with Crippen molar-refractivity contribution in [1.82, 2.24) is 9.55 Å². The number of hydrogen-bond donors (Lipinski definition) is 0. The highest BCUT2D eigenvalue weighted by Crippen LogP contribution is 2.34. The molecule has 4 aromatic rings. The molecule has 1 saturated heterocycles. The Bertz CT molecular complexity index is 1350. The van der Waals surface area contributed by atoms with Crippen LogP contribution in [0.5, 0.6) is 5.75 Å². The number of carbonyl (C=O) groups is 1. The maximum Gasteiger partial charge on any atom is 0.227 e. The van der Waals surface area contributed by atoms with E-state index in [4.69, 9.17) is 21.3 Å². The largest absolute Gasteiger partial charge is 0.493 e. The molecule has 1 atom stereocenters. The van der Waals surface area contributed by atoms with Crippen LogP contribution in [0.3, 0.4) is 0 Å². The molecule has 0 radical (unpaired) electrons. The van der Waals surface area contributed by atoms with Gasteiger partial charge in [-0.2, -0.15) is 0 Å². The predicted octanol–water partition coefficient (Wildman–Crippen LogP) is 6.30. The van der Waals surface area contributed by atoms with Crippen LogP contribution >= 0.6 is 11.6 Å². The quantitative estimate of drug-likeness (QED) is 0.296. The summed E-state index contributed by atoms with van der Waals surface area (Å²) in [6.07, 6.45) is 1.29. The van der Waals surface area contributed by atoms with Crippen molar-refractivity contribution in [2.24, 2.45) is 0 Å². The average molecular weight is 474 g/mol. The maximum absolute atomic E-state index is 12.9. The van der Waals surface area contributed by atoms with Crippen molar-refractivity contribution in [3.63, 3.8) is 0 Å². The van der Waals surface area contributed by atoms with Crippen LogP contribution in [0, 0.1) is 13.8 Å². The van der Waals surface area contributed by atoms with Crippen LogP contribution in [0.15, 0.2) is 66.7 Å². The molecule has 0 unspecified atom stereocenters. The number of anilines is 1. The van der Waals surface area contributed by atoms with Crippen molar-refractivity contribution < 1.29 is 9.53 Å². The third kappa shape index (κ3) is 4.53. The van der Waals surface area contributed by atoms with E-state index in [0.717, 1.165) is 46.8 Å². The number of rotatable bonds is 7. The Kier molecular flexibility index (Phi) is 6.29. The Morgan fingerprint density at radius 1 is 1.06 bits per heavy atom. The predicted molar refractivity (Wildman–Crippen MR) is 137 cm³/mol. The van der Waals surface area contributed by atoms with E-state index >= 15 is 0 Å². The fourth-order valence-corrected chi connectivity index (χ4v) is 4.97. The number of halogens is 1. The van der Waals surface area contributed by atoms with Gasteiger partial charge in [-0.15, -0.1) is 0 Å². The fraction of sp³-hybridized carbons (Fsp3) is 0.286. The lowest BCUT2D eigenvalue weighted by atomic mass is 10.1. The third-order valence-electron chi connectivity index (χ3n) is 6.41. The van der Waals surface area contributed by atoms with Crippen LogP contribution in [-0.4, -0.2) is 28.6 Å². The molecule has 5 rings (SSSR count). The van der Waals surface area contributed by atoms with E-state index in [9.17, 15) is 4.79 Å². The zero-order valence-corrected chi connectivity index (χ0v) is 20.3. The zero-order valence-electron chi connectivity index (χ0n) is 19.5. The van der Waals surface area contributed by atoms with Crippen LogP contribution in [-0.2, 0) is 11.3 Å². The maximum atomic E-state index is 12.9. The molecule has 2 heterocycles. The highest BCUT2D eigenvalue weighted by atomic mass is 35.5. The summed E-state index contributed by atoms with van der Waals surface area (Å²) in [5.41, 5.74) is 5.28. The first-order valence-corrected chi connectivity index (χ1v) is 12.1. The number of carbonyl (C=O) groups excluding carboxylic acids is 1. The molecule has 34 heavy (non-hydrogen) atoms. The summed E-state index contributed by atoms with van der Waals surface area (Å²) in [5, 5.41) is 0.629. The fourth-order valence-electron chi connectivity index (χ4n) is 4.78. The standard InChI is InChI=1S/C28H28ClN3O2/c1-19-11-12-26(20(2)15-19)34-14-6-13-31-25-10-4-3-9-24(25)30-28(31)21-16-27(33)32(18-21)23-8-5-7-22(29)17-23/h3-5,7-12,15,17,21H,6,13-14,16,18H2,1-2H3/t21-/m1/s1. The Morgan fingerprint density at radius 2 is 1.91 bits per heavy atom. The van der Waals surface area contributed by atoms with Gasteiger partial charge in [0.15, 0.2) is 0 Å². The van der Waals surface area contributed by atoms with Crippen LogP contribution in [0.1, 0.15) is 35.7 Å². The van der Waals surface area contributed by atoms with Crippen LogP contribution in [0.25, 0.3) is 11.0 Å². The minimum absolute atomic E-state index is 0.0270. The SMILES string of the molecule is Cc1ccc(OCCCn2c([C@@H]3CC(=O)N(c4cccc(Cl)c4)C3)nc3ccccc32)c(C)c1. The molecule has 5 nitrogen and oxygen atoms in total. The number of nitrogens with zero attached hydrogens (tertiary/aromatic N) is 3. The van der Waals surface area contributed by atoms with E-state index in [1.165, 1.54) is 5.56 Å². The number of hydrogen-bond acceptors (Lipinski definition) is 3. The van der Waals surface area contributed by atoms with Gasteiger partial charge in [-0.3, -0.25) is 4.79 Å². The minimum Gasteiger partial charge on any atom is -0.493 e. The molecule has 1 aliphatic rings. The number of para-hydroxylation sites is 2. The first-order chi connectivity index (χ1) is 16.5. The third-order valence-corrected chi connectivity index (χ3v) is 6.64. The molecule has 1 aliphatic heterocycles. The number of aromatic nitrogens is 2. The Hall–Kier alpha value is -3.31. The van der Waals surface area contributed by atoms with Gasteiger partial charge in [-0.05, 0) is 62.2 Å². The van der Waals surface area contributed by atoms with Crippen molar-refractivity contribution in [2.75, 3.05) is 18.1 Å². The zero-order chi connectivity index (χ0) is 23.7. The molecule has 0 spiro atoms. The first-order valence-electron chi connectivity index (χ1n) is 11.7. The van der Waals surface area contributed by atoms with Gasteiger partial charge < -0.3 is 14.2 Å². The number of benzene rings is 3. The normalized spacial score (nSPS) is 15.9. The van der Waals surface area contributed by atoms with E-state index < -0.39 is 0 Å². The topological polar surface area (TPSA) is 47.4 Å². The van der Waals surface area contributed by atoms with E-state index in [2.05, 4.69) is 36.6 Å². The average Bonchev–Trinajstić information content (AvgIpc) is 3.38. The highest BCUT2D eigenvalue weighted by Gasteiger charge is 2.34. The molecular weight excluding hydrogens is 446 g/mol. The Labute approximate surface area is 204 Å². The molecule has 3 aromatic carbocycles. The van der Waals surface area contributed by atoms with Crippen LogP contribution in [0.2, 0.25) is 5.02 Å². The van der Waals surface area contributed by atoms with Crippen LogP contribution < -0.4 is 9.64 Å². The lowest BCUT2D eigenvalue weighted by Crippen LogP contribution is -2.24. The molecule has 0 aliphatic carbocycles. The molecule has 0 N–H and O–H groups in total. The summed E-state index contributed by atoms with van der Waals surface area (Å²) in [5.74, 6) is 2.02. The second-order valence-electron chi connectivity index (χ2n) is 8.97. The summed E-state index contributed by atoms with van der Waals surface area (Å²) >= 11 is 6.17. The van der Waals surface area contributed by atoms with Crippen molar-refractivity contribution >= 4 is 34.2 Å². The van der Waals surface area contributed by atoms with E-state index in [-0.39, 0.29) is 11.8 Å². The smallest absolute Gasteiger partial charge is 0.227 e. The highest BCUT2D eigenvalue weighted by molar-refractivity contribution is 6.30. The summed E-state index contributed by atoms with van der Waals surface area (Å²) in [4.78, 5) is 19.7. The number of aryl methyl sites for hydroxylation is 3. The lowest BCUT2D eigenvalue weighted by Gasteiger charge is -2.18. The van der Waals surface area contributed by atoms with Crippen molar-refractivity contribution in [2.45, 2.75) is 39.2 Å². The minimum atomic E-state index is 0.0270. The Morgan fingerprint density at radius 3 is 2.74 bits per heavy atom. The summed E-state index contributed by atoms with van der Waals surface area (Å²) in [6, 6.07) is 21.9. The van der Waals surface area contributed by atoms with Gasteiger partial charge in [0.05, 0.1) is 17.6 Å². The number of ether oxygens (including phenoxy) is 1. The summed E-state index contributed by atoms with van der Waals surface area (Å²) in [7, 11) is 0. The van der Waals surface area contributed by atoms with Gasteiger partial charge in [0, 0.05) is 36.1 Å². The molecule has 1 fully saturated rings. The molecule has 0 saturated carbocycles. The van der Waals surface area contributed by atoms with Gasteiger partial charge in [0.1, 0.15) is 11.6 Å². The van der Waals surface area contributed by atoms with Crippen molar-refractivity contribution in [3.8, 4) is 5.75 Å². The number of fused-ring (bicyclic) bond motifs is 1. The van der Waals surface area contributed by atoms with Crippen molar-refractivity contribution in [3.05, 3.63) is 88.7 Å². The van der Waals surface area contributed by atoms with Crippen LogP contribution in [0.4, 0.5) is 5.69 Å². The second-order valence-corrected chi connectivity index (χ2v) is 9.40. The van der Waals surface area contributed by atoms with E-state index in [1.54, 1.807) is 0 Å². The van der Waals surface area contributed by atoms with Gasteiger partial charge >= 0.3 is 0 Å². The second kappa shape index (κ2) is 9.51. The molecule has 6 heteroatoms. The molecule has 1 aromatic heterocycles. The lowest BCUT2D eigenvalue weighted by molar-refractivity contribution is -0.117. The first kappa shape index (κ1) is 22.5. The van der Waals surface area contributed by atoms with E-state index in [0.29, 0.717) is 24.6 Å². The van der Waals surface area contributed by atoms with Crippen molar-refractivity contribution in [1.29, 1.82) is 0 Å². The summed E-state index contributed by atoms with van der Waals surface area (Å²) < 4.78 is 8.33. The van der Waals surface area contributed by atoms with E-state index in [1.807, 2.05) is 53.4 Å². The number of imidazole rings is 1. The van der Waals surface area contributed by atoms with Gasteiger partial charge in [-0.25, -0.2) is 4.98 Å². The molecule has 0 bridgehead atoms. The van der Waals surface area contributed by atoms with Gasteiger partial charge in [0.2, 0.25) is 5.91 Å². The number of amides is 1. The monoisotopic (exact) mass is 473 g/mol. The van der Waals surface area contributed by atoms with Gasteiger partial charge in [0.25, 0.3) is 0 Å². The molecular formula is C28H28ClN3O2.